The van der Waals surface area contributed by atoms with E-state index in [2.05, 4.69) is 21.2 Å². The smallest absolute Gasteiger partial charge is 0.255 e. The number of hydrogen-bond donors (Lipinski definition) is 3. The summed E-state index contributed by atoms with van der Waals surface area (Å²) in [6.07, 6.45) is 4.58. The molecule has 0 saturated heterocycles. The molecule has 0 bridgehead atoms. The Morgan fingerprint density at radius 2 is 2.16 bits per heavy atom. The Hall–Kier alpha value is -1.23. The highest BCUT2D eigenvalue weighted by atomic mass is 79.9. The molecule has 0 aliphatic heterocycles. The number of carbonyl (C=O) groups excluding carboxylic acids is 1. The topological polar surface area (TPSA) is 69.6 Å². The van der Waals surface area contributed by atoms with E-state index in [1.807, 2.05) is 0 Å². The van der Waals surface area contributed by atoms with E-state index in [0.717, 1.165) is 12.8 Å². The molecule has 2 atom stereocenters. The first-order chi connectivity index (χ1) is 9.06. The van der Waals surface area contributed by atoms with Gasteiger partial charge in [0.05, 0.1) is 5.56 Å². The molecule has 1 aromatic carbocycles. The van der Waals surface area contributed by atoms with Crippen LogP contribution in [0, 0.1) is 5.92 Å². The largest absolute Gasteiger partial charge is 0.508 e. The molecule has 3 N–H and O–H groups in total. The molecule has 0 heterocycles. The first-order valence-corrected chi connectivity index (χ1v) is 7.42. The van der Waals surface area contributed by atoms with Gasteiger partial charge in [-0.15, -0.1) is 0 Å². The fourth-order valence-electron chi connectivity index (χ4n) is 2.46. The standard InChI is InChI=1S/C14H18BrNO3/c15-10-3-1-2-9(6-10)8-16-14(19)12-5-4-11(17)7-13(12)18/h4-5,7,9-10,17-18H,1-3,6,8H2,(H,16,19). The lowest BCUT2D eigenvalue weighted by atomic mass is 9.89. The Labute approximate surface area is 121 Å². The fraction of sp³-hybridized carbons (Fsp3) is 0.500. The van der Waals surface area contributed by atoms with Gasteiger partial charge in [0.25, 0.3) is 5.91 Å². The monoisotopic (exact) mass is 327 g/mol. The predicted molar refractivity (Wildman–Crippen MR) is 76.8 cm³/mol. The van der Waals surface area contributed by atoms with Crippen LogP contribution in [0.25, 0.3) is 0 Å². The molecule has 1 fully saturated rings. The van der Waals surface area contributed by atoms with Gasteiger partial charge in [-0.3, -0.25) is 4.79 Å². The number of benzene rings is 1. The third-order valence-electron chi connectivity index (χ3n) is 3.50. The van der Waals surface area contributed by atoms with Crippen LogP contribution in [-0.4, -0.2) is 27.5 Å². The lowest BCUT2D eigenvalue weighted by molar-refractivity contribution is 0.0941. The number of hydrogen-bond acceptors (Lipinski definition) is 3. The molecule has 1 amide bonds. The number of phenols is 2. The van der Waals surface area contributed by atoms with Crippen molar-refractivity contribution in [1.29, 1.82) is 0 Å². The van der Waals surface area contributed by atoms with E-state index in [1.165, 1.54) is 31.0 Å². The van der Waals surface area contributed by atoms with Crippen LogP contribution in [0.15, 0.2) is 18.2 Å². The molecule has 2 rings (SSSR count). The maximum atomic E-state index is 11.9. The number of phenolic OH excluding ortho intramolecular Hbond substituents is 2. The molecule has 5 heteroatoms. The molecule has 0 aromatic heterocycles. The SMILES string of the molecule is O=C(NCC1CCCC(Br)C1)c1ccc(O)cc1O. The minimum absolute atomic E-state index is 0.0524. The molecule has 0 radical (unpaired) electrons. The number of rotatable bonds is 3. The van der Waals surface area contributed by atoms with Crippen molar-refractivity contribution in [3.05, 3.63) is 23.8 Å². The number of aromatic hydroxyl groups is 2. The molecular weight excluding hydrogens is 310 g/mol. The maximum absolute atomic E-state index is 11.9. The van der Waals surface area contributed by atoms with Crippen LogP contribution in [0.2, 0.25) is 0 Å². The van der Waals surface area contributed by atoms with Gasteiger partial charge in [-0.2, -0.15) is 0 Å². The van der Waals surface area contributed by atoms with Crippen molar-refractivity contribution in [2.45, 2.75) is 30.5 Å². The first-order valence-electron chi connectivity index (χ1n) is 6.50. The van der Waals surface area contributed by atoms with Gasteiger partial charge in [0.2, 0.25) is 0 Å². The minimum Gasteiger partial charge on any atom is -0.508 e. The average Bonchev–Trinajstić information content (AvgIpc) is 2.36. The summed E-state index contributed by atoms with van der Waals surface area (Å²) in [5.74, 6) is -0.0569. The summed E-state index contributed by atoms with van der Waals surface area (Å²) in [6.45, 7) is 0.626. The molecule has 4 nitrogen and oxygen atoms in total. The van der Waals surface area contributed by atoms with Crippen molar-refractivity contribution in [3.8, 4) is 11.5 Å². The van der Waals surface area contributed by atoms with Crippen molar-refractivity contribution in [2.24, 2.45) is 5.92 Å². The third kappa shape index (κ3) is 3.86. The van der Waals surface area contributed by atoms with E-state index in [4.69, 9.17) is 0 Å². The normalized spacial score (nSPS) is 23.0. The van der Waals surface area contributed by atoms with Crippen molar-refractivity contribution < 1.29 is 15.0 Å². The van der Waals surface area contributed by atoms with Crippen molar-refractivity contribution in [3.63, 3.8) is 0 Å². The molecule has 2 unspecified atom stereocenters. The minimum atomic E-state index is -0.297. The van der Waals surface area contributed by atoms with Crippen LogP contribution in [0.1, 0.15) is 36.0 Å². The molecule has 19 heavy (non-hydrogen) atoms. The summed E-state index contributed by atoms with van der Waals surface area (Å²) in [5, 5.41) is 21.6. The second kappa shape index (κ2) is 6.28. The van der Waals surface area contributed by atoms with Crippen LogP contribution in [-0.2, 0) is 0 Å². The molecule has 1 aliphatic carbocycles. The van der Waals surface area contributed by atoms with Gasteiger partial charge in [0.1, 0.15) is 11.5 Å². The second-order valence-corrected chi connectivity index (χ2v) is 6.34. The summed E-state index contributed by atoms with van der Waals surface area (Å²) in [4.78, 5) is 12.5. The lowest BCUT2D eigenvalue weighted by Crippen LogP contribution is -2.31. The highest BCUT2D eigenvalue weighted by molar-refractivity contribution is 9.09. The zero-order valence-corrected chi connectivity index (χ0v) is 12.2. The van der Waals surface area contributed by atoms with Crippen molar-refractivity contribution in [1.82, 2.24) is 5.32 Å². The van der Waals surface area contributed by atoms with Gasteiger partial charge in [-0.25, -0.2) is 0 Å². The zero-order chi connectivity index (χ0) is 13.8. The first kappa shape index (κ1) is 14.2. The van der Waals surface area contributed by atoms with Gasteiger partial charge in [0.15, 0.2) is 0 Å². The average molecular weight is 328 g/mol. The number of alkyl halides is 1. The molecule has 1 saturated carbocycles. The summed E-state index contributed by atoms with van der Waals surface area (Å²) >= 11 is 3.62. The number of carbonyl (C=O) groups is 1. The highest BCUT2D eigenvalue weighted by Crippen LogP contribution is 2.28. The Balaban J connectivity index is 1.90. The molecule has 104 valence electrons. The molecule has 0 spiro atoms. The number of nitrogens with one attached hydrogen (secondary N) is 1. The van der Waals surface area contributed by atoms with Gasteiger partial charge in [-0.1, -0.05) is 22.4 Å². The van der Waals surface area contributed by atoms with Crippen LogP contribution >= 0.6 is 15.9 Å². The quantitative estimate of drug-likeness (QED) is 0.747. The number of amides is 1. The van der Waals surface area contributed by atoms with Gasteiger partial charge in [0, 0.05) is 17.4 Å². The summed E-state index contributed by atoms with van der Waals surface area (Å²) in [5.41, 5.74) is 0.198. The van der Waals surface area contributed by atoms with E-state index in [1.54, 1.807) is 0 Å². The van der Waals surface area contributed by atoms with E-state index < -0.39 is 0 Å². The highest BCUT2D eigenvalue weighted by Gasteiger charge is 2.21. The van der Waals surface area contributed by atoms with E-state index in [9.17, 15) is 15.0 Å². The number of halogens is 1. The van der Waals surface area contributed by atoms with Crippen molar-refractivity contribution >= 4 is 21.8 Å². The van der Waals surface area contributed by atoms with E-state index in [-0.39, 0.29) is 23.0 Å². The Morgan fingerprint density at radius 3 is 2.84 bits per heavy atom. The Morgan fingerprint density at radius 1 is 1.37 bits per heavy atom. The van der Waals surface area contributed by atoms with Crippen LogP contribution in [0.5, 0.6) is 11.5 Å². The summed E-state index contributed by atoms with van der Waals surface area (Å²) < 4.78 is 0. The third-order valence-corrected chi connectivity index (χ3v) is 4.33. The van der Waals surface area contributed by atoms with Crippen LogP contribution in [0.4, 0.5) is 0 Å². The maximum Gasteiger partial charge on any atom is 0.255 e. The Bertz CT molecular complexity index is 464. The lowest BCUT2D eigenvalue weighted by Gasteiger charge is -2.25. The van der Waals surface area contributed by atoms with Gasteiger partial charge in [-0.05, 0) is 37.3 Å². The molecular formula is C14H18BrNO3. The molecule has 1 aliphatic rings. The van der Waals surface area contributed by atoms with Gasteiger partial charge >= 0.3 is 0 Å². The molecule has 1 aromatic rings. The Kier molecular flexibility index (Phi) is 4.69. The van der Waals surface area contributed by atoms with Gasteiger partial charge < -0.3 is 15.5 Å². The van der Waals surface area contributed by atoms with Crippen molar-refractivity contribution in [2.75, 3.05) is 6.54 Å². The van der Waals surface area contributed by atoms with E-state index in [0.29, 0.717) is 17.3 Å². The summed E-state index contributed by atoms with van der Waals surface area (Å²) in [6, 6.07) is 3.99. The second-order valence-electron chi connectivity index (χ2n) is 5.04. The van der Waals surface area contributed by atoms with E-state index >= 15 is 0 Å². The zero-order valence-electron chi connectivity index (χ0n) is 10.6. The fourth-order valence-corrected chi connectivity index (χ4v) is 3.31. The summed E-state index contributed by atoms with van der Waals surface area (Å²) in [7, 11) is 0. The predicted octanol–water partition coefficient (Wildman–Crippen LogP) is 2.78. The van der Waals surface area contributed by atoms with Crippen LogP contribution < -0.4 is 5.32 Å². The van der Waals surface area contributed by atoms with Crippen LogP contribution in [0.3, 0.4) is 0 Å².